The number of carbonyl (C=O) groups is 2. The van der Waals surface area contributed by atoms with Crippen LogP contribution in [0.25, 0.3) is 0 Å². The molecule has 7 unspecified atom stereocenters. The van der Waals surface area contributed by atoms with Crippen LogP contribution in [0.4, 0.5) is 0 Å². The van der Waals surface area contributed by atoms with Gasteiger partial charge >= 0.3 is 5.97 Å². The third-order valence-corrected chi connectivity index (χ3v) is 7.90. The number of ether oxygens (including phenoxy) is 2. The normalized spacial score (nSPS) is 42.8. The maximum atomic E-state index is 13.8. The summed E-state index contributed by atoms with van der Waals surface area (Å²) in [6.45, 7) is 12.1. The number of esters is 1. The van der Waals surface area contributed by atoms with Crippen molar-refractivity contribution < 1.29 is 24.2 Å². The van der Waals surface area contributed by atoms with Gasteiger partial charge in [-0.05, 0) is 76.4 Å². The van der Waals surface area contributed by atoms with Gasteiger partial charge in [-0.15, -0.1) is 0 Å². The summed E-state index contributed by atoms with van der Waals surface area (Å²) in [6, 6.07) is 0. The van der Waals surface area contributed by atoms with Crippen LogP contribution in [-0.2, 0) is 19.1 Å². The van der Waals surface area contributed by atoms with Crippen LogP contribution in [0.3, 0.4) is 0 Å². The summed E-state index contributed by atoms with van der Waals surface area (Å²) in [6.07, 6.45) is 5.96. The van der Waals surface area contributed by atoms with Crippen LogP contribution in [0, 0.1) is 17.8 Å². The Kier molecular flexibility index (Phi) is 5.14. The molecule has 0 bridgehead atoms. The Morgan fingerprint density at radius 2 is 1.97 bits per heavy atom. The lowest BCUT2D eigenvalue weighted by molar-refractivity contribution is -0.147. The molecule has 0 saturated heterocycles. The monoisotopic (exact) mass is 414 g/mol. The van der Waals surface area contributed by atoms with E-state index in [4.69, 9.17) is 9.47 Å². The molecule has 0 radical (unpaired) electrons. The summed E-state index contributed by atoms with van der Waals surface area (Å²) in [5, 5.41) is 11.6. The fourth-order valence-electron chi connectivity index (χ4n) is 6.23. The van der Waals surface area contributed by atoms with E-state index in [1.807, 2.05) is 34.6 Å². The first-order valence-electron chi connectivity index (χ1n) is 11.2. The quantitative estimate of drug-likeness (QED) is 0.555. The SMILES string of the molecule is CC(C)=CC1OC(C)(CCC2OC(=O)C=C2C)C2=C1C(C)C1CCC(C)C1(O)C2=O. The minimum atomic E-state index is -1.31. The summed E-state index contributed by atoms with van der Waals surface area (Å²) in [5.74, 6) is -0.482. The number of allylic oxidation sites excluding steroid dienone is 1. The number of carbonyl (C=O) groups excluding carboxylic acids is 2. The second-order valence-electron chi connectivity index (χ2n) is 10.2. The molecule has 1 saturated carbocycles. The second kappa shape index (κ2) is 7.16. The van der Waals surface area contributed by atoms with Crippen molar-refractivity contribution >= 4 is 11.8 Å². The van der Waals surface area contributed by atoms with E-state index in [1.54, 1.807) is 0 Å². The van der Waals surface area contributed by atoms with Crippen molar-refractivity contribution in [1.82, 2.24) is 0 Å². The lowest BCUT2D eigenvalue weighted by Gasteiger charge is -2.43. The zero-order valence-corrected chi connectivity index (χ0v) is 19.0. The first-order valence-corrected chi connectivity index (χ1v) is 11.2. The van der Waals surface area contributed by atoms with Gasteiger partial charge in [0.15, 0.2) is 5.78 Å². The molecule has 4 aliphatic rings. The molecule has 7 atom stereocenters. The van der Waals surface area contributed by atoms with Gasteiger partial charge in [-0.1, -0.05) is 25.5 Å². The first kappa shape index (κ1) is 21.5. The summed E-state index contributed by atoms with van der Waals surface area (Å²) in [7, 11) is 0. The molecule has 2 aliphatic heterocycles. The number of ketones is 1. The summed E-state index contributed by atoms with van der Waals surface area (Å²) >= 11 is 0. The highest BCUT2D eigenvalue weighted by Gasteiger charge is 2.63. The molecule has 0 aromatic rings. The van der Waals surface area contributed by atoms with Crippen LogP contribution >= 0.6 is 0 Å². The van der Waals surface area contributed by atoms with E-state index in [9.17, 15) is 14.7 Å². The number of cyclic esters (lactones) is 1. The van der Waals surface area contributed by atoms with Crippen molar-refractivity contribution in [3.05, 3.63) is 34.4 Å². The van der Waals surface area contributed by atoms with E-state index in [-0.39, 0.29) is 41.7 Å². The molecule has 5 nitrogen and oxygen atoms in total. The average molecular weight is 415 g/mol. The molecule has 164 valence electrons. The van der Waals surface area contributed by atoms with E-state index in [2.05, 4.69) is 13.0 Å². The largest absolute Gasteiger partial charge is 0.455 e. The van der Waals surface area contributed by atoms with Crippen LogP contribution < -0.4 is 0 Å². The van der Waals surface area contributed by atoms with Crippen LogP contribution in [0.5, 0.6) is 0 Å². The molecular formula is C25H34O5. The van der Waals surface area contributed by atoms with Gasteiger partial charge in [-0.25, -0.2) is 4.79 Å². The van der Waals surface area contributed by atoms with Gasteiger partial charge in [0.05, 0.1) is 11.7 Å². The number of Topliss-reactive ketones (excluding diaryl/α,β-unsaturated/α-hetero) is 1. The molecule has 0 spiro atoms. The predicted octanol–water partition coefficient (Wildman–Crippen LogP) is 4.05. The number of hydrogen-bond acceptors (Lipinski definition) is 5. The van der Waals surface area contributed by atoms with Crippen molar-refractivity contribution in [1.29, 1.82) is 0 Å². The van der Waals surface area contributed by atoms with Crippen LogP contribution in [0.2, 0.25) is 0 Å². The van der Waals surface area contributed by atoms with Gasteiger partial charge < -0.3 is 14.6 Å². The Morgan fingerprint density at radius 3 is 2.57 bits per heavy atom. The Morgan fingerprint density at radius 1 is 1.27 bits per heavy atom. The molecule has 0 aromatic carbocycles. The molecule has 1 fully saturated rings. The molecule has 2 heterocycles. The van der Waals surface area contributed by atoms with Gasteiger partial charge in [-0.3, -0.25) is 4.79 Å². The highest BCUT2D eigenvalue weighted by Crippen LogP contribution is 2.57. The number of rotatable bonds is 4. The highest BCUT2D eigenvalue weighted by atomic mass is 16.5. The average Bonchev–Trinajstić information content (AvgIpc) is 3.24. The molecule has 1 N–H and O–H groups in total. The third kappa shape index (κ3) is 3.04. The fraction of sp³-hybridized carbons (Fsp3) is 0.680. The summed E-state index contributed by atoms with van der Waals surface area (Å²) in [5.41, 5.74) is 1.63. The Balaban J connectivity index is 1.73. The summed E-state index contributed by atoms with van der Waals surface area (Å²) < 4.78 is 12.0. The summed E-state index contributed by atoms with van der Waals surface area (Å²) in [4.78, 5) is 25.4. The maximum absolute atomic E-state index is 13.8. The van der Waals surface area contributed by atoms with Gasteiger partial charge in [0.2, 0.25) is 0 Å². The standard InChI is InChI=1S/C25H34O5/c1-13(2)11-19-21-16(5)17-8-7-15(4)25(17,28)23(27)22(21)24(6,30-19)10-9-18-14(3)12-20(26)29-18/h11-12,15-19,28H,7-10H2,1-6H3. The number of aliphatic hydroxyl groups is 1. The van der Waals surface area contributed by atoms with Gasteiger partial charge in [-0.2, -0.15) is 0 Å². The third-order valence-electron chi connectivity index (χ3n) is 7.90. The van der Waals surface area contributed by atoms with Crippen molar-refractivity contribution in [2.45, 2.75) is 90.6 Å². The molecule has 2 aliphatic carbocycles. The number of hydrogen-bond donors (Lipinski definition) is 1. The van der Waals surface area contributed by atoms with Crippen LogP contribution in [0.1, 0.15) is 67.2 Å². The predicted molar refractivity (Wildman–Crippen MR) is 114 cm³/mol. The lowest BCUT2D eigenvalue weighted by Crippen LogP contribution is -2.55. The van der Waals surface area contributed by atoms with Gasteiger partial charge in [0.25, 0.3) is 0 Å². The zero-order chi connectivity index (χ0) is 22.0. The van der Waals surface area contributed by atoms with E-state index >= 15 is 0 Å². The second-order valence-corrected chi connectivity index (χ2v) is 10.2. The van der Waals surface area contributed by atoms with E-state index in [0.717, 1.165) is 29.6 Å². The molecular weight excluding hydrogens is 380 g/mol. The zero-order valence-electron chi connectivity index (χ0n) is 19.0. The van der Waals surface area contributed by atoms with Crippen molar-refractivity contribution in [3.63, 3.8) is 0 Å². The number of fused-ring (bicyclic) bond motifs is 1. The smallest absolute Gasteiger partial charge is 0.331 e. The molecule has 5 heteroatoms. The molecule has 0 amide bonds. The lowest BCUT2D eigenvalue weighted by atomic mass is 9.62. The van der Waals surface area contributed by atoms with Gasteiger partial charge in [0.1, 0.15) is 11.7 Å². The van der Waals surface area contributed by atoms with E-state index < -0.39 is 11.2 Å². The topological polar surface area (TPSA) is 72.8 Å². The van der Waals surface area contributed by atoms with Crippen LogP contribution in [-0.4, -0.2) is 40.3 Å². The molecule has 0 aromatic heterocycles. The van der Waals surface area contributed by atoms with Crippen molar-refractivity contribution in [2.24, 2.45) is 17.8 Å². The maximum Gasteiger partial charge on any atom is 0.331 e. The molecule has 30 heavy (non-hydrogen) atoms. The first-order chi connectivity index (χ1) is 14.0. The minimum Gasteiger partial charge on any atom is -0.455 e. The molecule has 4 rings (SSSR count). The van der Waals surface area contributed by atoms with Crippen molar-refractivity contribution in [3.8, 4) is 0 Å². The van der Waals surface area contributed by atoms with Crippen molar-refractivity contribution in [2.75, 3.05) is 0 Å². The van der Waals surface area contributed by atoms with E-state index in [0.29, 0.717) is 18.4 Å². The Labute approximate surface area is 179 Å². The van der Waals surface area contributed by atoms with Gasteiger partial charge in [0, 0.05) is 17.6 Å². The Bertz CT molecular complexity index is 876. The van der Waals surface area contributed by atoms with E-state index in [1.165, 1.54) is 6.08 Å². The minimum absolute atomic E-state index is 0.0563. The Hall–Kier alpha value is -1.72. The highest BCUT2D eigenvalue weighted by molar-refractivity contribution is 6.06. The fourth-order valence-corrected chi connectivity index (χ4v) is 6.23. The van der Waals surface area contributed by atoms with Crippen LogP contribution in [0.15, 0.2) is 34.4 Å².